The van der Waals surface area contributed by atoms with E-state index in [1.165, 1.54) is 0 Å². The van der Waals surface area contributed by atoms with Gasteiger partial charge in [-0.05, 0) is 38.5 Å². The number of aromatic nitrogens is 1. The third-order valence-corrected chi connectivity index (χ3v) is 4.24. The van der Waals surface area contributed by atoms with Crippen LogP contribution in [0.4, 0.5) is 0 Å². The van der Waals surface area contributed by atoms with Crippen molar-refractivity contribution in [3.05, 3.63) is 40.1 Å². The number of hydrogen-bond donors (Lipinski definition) is 4. The van der Waals surface area contributed by atoms with Gasteiger partial charge in [-0.3, -0.25) is 4.79 Å². The molecule has 160 valence electrons. The number of nitrogens with one attached hydrogen (secondary N) is 3. The van der Waals surface area contributed by atoms with Gasteiger partial charge in [-0.2, -0.15) is 0 Å². The number of rotatable bonds is 13. The van der Waals surface area contributed by atoms with E-state index in [-0.39, 0.29) is 25.4 Å². The summed E-state index contributed by atoms with van der Waals surface area (Å²) in [5, 5.41) is 26.1. The van der Waals surface area contributed by atoms with Gasteiger partial charge in [0, 0.05) is 42.7 Å². The smallest absolute Gasteiger partial charge is 0.294 e. The molecule has 2 atom stereocenters. The van der Waals surface area contributed by atoms with Crippen LogP contribution in [0.1, 0.15) is 25.5 Å². The minimum atomic E-state index is -0.860. The molecule has 0 aliphatic carbocycles. The van der Waals surface area contributed by atoms with Gasteiger partial charge in [0.2, 0.25) is 5.91 Å². The number of nitrogens with zero attached hydrogens (tertiary/aromatic N) is 1. The predicted molar refractivity (Wildman–Crippen MR) is 107 cm³/mol. The summed E-state index contributed by atoms with van der Waals surface area (Å²) >= 11 is 0. The number of H-pyrrole nitrogens is 1. The Balaban J connectivity index is 1.57. The number of ether oxygens (including phenoxy) is 1. The zero-order chi connectivity index (χ0) is 21.2. The number of aryl methyl sites for hydroxylation is 1. The molecule has 1 aromatic carbocycles. The van der Waals surface area contributed by atoms with E-state index in [1.54, 1.807) is 6.92 Å². The van der Waals surface area contributed by atoms with E-state index in [4.69, 9.17) is 4.74 Å². The van der Waals surface area contributed by atoms with Crippen molar-refractivity contribution in [1.29, 1.82) is 0 Å². The lowest BCUT2D eigenvalue weighted by Gasteiger charge is -2.14. The maximum atomic E-state index is 11.7. The third kappa shape index (κ3) is 7.96. The third-order valence-electron chi connectivity index (χ3n) is 4.24. The van der Waals surface area contributed by atoms with Gasteiger partial charge in [0.25, 0.3) is 5.09 Å². The van der Waals surface area contributed by atoms with Crippen molar-refractivity contribution in [2.45, 2.75) is 38.9 Å². The summed E-state index contributed by atoms with van der Waals surface area (Å²) in [6.07, 6.45) is -0.898. The average Bonchev–Trinajstić information content (AvgIpc) is 3.04. The van der Waals surface area contributed by atoms with Crippen LogP contribution in [-0.2, 0) is 9.63 Å². The van der Waals surface area contributed by atoms with Gasteiger partial charge in [0.1, 0.15) is 24.6 Å². The fraction of sp³-hybridized carbons (Fsp3) is 0.526. The summed E-state index contributed by atoms with van der Waals surface area (Å²) in [5.74, 6) is 0.512. The number of fused-ring (bicyclic) bond motifs is 1. The maximum Gasteiger partial charge on any atom is 0.294 e. The first-order valence-corrected chi connectivity index (χ1v) is 9.53. The highest BCUT2D eigenvalue weighted by atomic mass is 17.0. The maximum absolute atomic E-state index is 11.7. The number of aliphatic hydroxyl groups is 1. The van der Waals surface area contributed by atoms with Crippen molar-refractivity contribution in [3.63, 3.8) is 0 Å². The standard InChI is InChI=1S/C19H28N4O6/c1-13-10-16-17(22-13)4-3-5-18(16)28-12-15(24)11-20-8-9-21-19(25)7-6-14(2)29-23(26)27/h3-5,10,14-15,20,22,24H,6-9,11-12H2,1-2H3,(H,21,25). The van der Waals surface area contributed by atoms with Crippen LogP contribution in [0.25, 0.3) is 10.9 Å². The van der Waals surface area contributed by atoms with E-state index in [0.717, 1.165) is 16.6 Å². The lowest BCUT2D eigenvalue weighted by Crippen LogP contribution is -2.37. The summed E-state index contributed by atoms with van der Waals surface area (Å²) in [6.45, 7) is 4.86. The van der Waals surface area contributed by atoms with Gasteiger partial charge in [-0.1, -0.05) is 6.07 Å². The second-order valence-corrected chi connectivity index (χ2v) is 6.87. The molecule has 0 spiro atoms. The van der Waals surface area contributed by atoms with Crippen LogP contribution in [0.5, 0.6) is 5.75 Å². The number of carbonyl (C=O) groups is 1. The van der Waals surface area contributed by atoms with Crippen LogP contribution in [0, 0.1) is 17.0 Å². The highest BCUT2D eigenvalue weighted by Crippen LogP contribution is 2.26. The quantitative estimate of drug-likeness (QED) is 0.223. The Labute approximate surface area is 168 Å². The Morgan fingerprint density at radius 1 is 1.38 bits per heavy atom. The highest BCUT2D eigenvalue weighted by molar-refractivity contribution is 5.86. The number of hydrogen-bond acceptors (Lipinski definition) is 7. The molecule has 1 heterocycles. The zero-order valence-electron chi connectivity index (χ0n) is 16.6. The summed E-state index contributed by atoms with van der Waals surface area (Å²) < 4.78 is 5.73. The molecule has 0 aliphatic rings. The van der Waals surface area contributed by atoms with E-state index in [9.17, 15) is 20.0 Å². The van der Waals surface area contributed by atoms with Gasteiger partial charge in [0.15, 0.2) is 0 Å². The first-order valence-electron chi connectivity index (χ1n) is 9.53. The molecule has 0 radical (unpaired) electrons. The Kier molecular flexibility index (Phi) is 8.68. The Morgan fingerprint density at radius 3 is 2.93 bits per heavy atom. The largest absolute Gasteiger partial charge is 0.490 e. The summed E-state index contributed by atoms with van der Waals surface area (Å²) in [7, 11) is 0. The van der Waals surface area contributed by atoms with Gasteiger partial charge < -0.3 is 30.3 Å². The second kappa shape index (κ2) is 11.2. The average molecular weight is 408 g/mol. The van der Waals surface area contributed by atoms with Crippen molar-refractivity contribution in [1.82, 2.24) is 15.6 Å². The number of aromatic amines is 1. The normalized spacial score (nSPS) is 13.1. The van der Waals surface area contributed by atoms with Crippen LogP contribution in [-0.4, -0.2) is 59.5 Å². The number of aliphatic hydroxyl groups excluding tert-OH is 1. The Morgan fingerprint density at radius 2 is 2.17 bits per heavy atom. The number of amides is 1. The Bertz CT molecular complexity index is 809. The Hall–Kier alpha value is -2.85. The topological polar surface area (TPSA) is 139 Å². The summed E-state index contributed by atoms with van der Waals surface area (Å²) in [4.78, 5) is 29.4. The minimum absolute atomic E-state index is 0.148. The molecule has 2 rings (SSSR count). The van der Waals surface area contributed by atoms with Crippen molar-refractivity contribution < 1.29 is 24.6 Å². The zero-order valence-corrected chi connectivity index (χ0v) is 16.6. The lowest BCUT2D eigenvalue weighted by molar-refractivity contribution is -0.767. The fourth-order valence-corrected chi connectivity index (χ4v) is 2.82. The highest BCUT2D eigenvalue weighted by Gasteiger charge is 2.11. The molecule has 0 aliphatic heterocycles. The molecule has 1 amide bonds. The molecular weight excluding hydrogens is 380 g/mol. The van der Waals surface area contributed by atoms with Gasteiger partial charge in [0.05, 0.1) is 0 Å². The van der Waals surface area contributed by atoms with E-state index in [1.807, 2.05) is 31.2 Å². The first-order chi connectivity index (χ1) is 13.8. The van der Waals surface area contributed by atoms with Crippen molar-refractivity contribution in [3.8, 4) is 5.75 Å². The van der Waals surface area contributed by atoms with E-state index < -0.39 is 17.3 Å². The van der Waals surface area contributed by atoms with Crippen LogP contribution in [0.15, 0.2) is 24.3 Å². The van der Waals surface area contributed by atoms with Gasteiger partial charge in [-0.15, -0.1) is 10.1 Å². The fourth-order valence-electron chi connectivity index (χ4n) is 2.82. The van der Waals surface area contributed by atoms with E-state index >= 15 is 0 Å². The monoisotopic (exact) mass is 408 g/mol. The number of benzene rings is 1. The molecule has 29 heavy (non-hydrogen) atoms. The van der Waals surface area contributed by atoms with Crippen molar-refractivity contribution in [2.24, 2.45) is 0 Å². The first kappa shape index (κ1) is 22.4. The molecule has 10 nitrogen and oxygen atoms in total. The summed E-state index contributed by atoms with van der Waals surface area (Å²) in [6, 6.07) is 7.73. The summed E-state index contributed by atoms with van der Waals surface area (Å²) in [5.41, 5.74) is 2.03. The molecule has 0 fully saturated rings. The molecule has 10 heteroatoms. The molecule has 0 saturated carbocycles. The SMILES string of the molecule is Cc1cc2c(OCC(O)CNCCNC(=O)CCC(C)O[N+](=O)[O-])cccc2[nH]1. The van der Waals surface area contributed by atoms with E-state index in [0.29, 0.717) is 25.4 Å². The van der Waals surface area contributed by atoms with Crippen molar-refractivity contribution >= 4 is 16.8 Å². The predicted octanol–water partition coefficient (Wildman–Crippen LogP) is 1.30. The molecule has 0 bridgehead atoms. The van der Waals surface area contributed by atoms with Crippen LogP contribution in [0.3, 0.4) is 0 Å². The molecular formula is C19H28N4O6. The van der Waals surface area contributed by atoms with Crippen LogP contribution >= 0.6 is 0 Å². The number of carbonyl (C=O) groups excluding carboxylic acids is 1. The van der Waals surface area contributed by atoms with Gasteiger partial charge >= 0.3 is 0 Å². The molecule has 0 saturated heterocycles. The second-order valence-electron chi connectivity index (χ2n) is 6.87. The molecule has 2 unspecified atom stereocenters. The lowest BCUT2D eigenvalue weighted by atomic mass is 10.2. The van der Waals surface area contributed by atoms with Gasteiger partial charge in [-0.25, -0.2) is 0 Å². The molecule has 2 aromatic rings. The van der Waals surface area contributed by atoms with Crippen molar-refractivity contribution in [2.75, 3.05) is 26.2 Å². The van der Waals surface area contributed by atoms with Crippen LogP contribution < -0.4 is 15.4 Å². The minimum Gasteiger partial charge on any atom is -0.490 e. The van der Waals surface area contributed by atoms with E-state index in [2.05, 4.69) is 20.5 Å². The van der Waals surface area contributed by atoms with Crippen LogP contribution in [0.2, 0.25) is 0 Å². The molecule has 1 aromatic heterocycles. The molecule has 4 N–H and O–H groups in total.